The average molecular weight is 564 g/mol. The van der Waals surface area contributed by atoms with Crippen molar-refractivity contribution in [3.8, 4) is 0 Å². The summed E-state index contributed by atoms with van der Waals surface area (Å²) in [5.41, 5.74) is -0.345. The maximum atomic E-state index is 15.2. The molecule has 206 valence electrons. The van der Waals surface area contributed by atoms with Crippen molar-refractivity contribution >= 4 is 46.3 Å². The molecule has 2 atom stereocenters. The quantitative estimate of drug-likeness (QED) is 0.353. The molecule has 0 spiro atoms. The highest BCUT2D eigenvalue weighted by atomic mass is 35.5. The Hall–Kier alpha value is -3.99. The Bertz CT molecular complexity index is 1640. The second-order valence-electron chi connectivity index (χ2n) is 10.1. The van der Waals surface area contributed by atoms with Gasteiger partial charge in [-0.3, -0.25) is 19.5 Å². The Morgan fingerprint density at radius 2 is 2.00 bits per heavy atom. The van der Waals surface area contributed by atoms with Crippen LogP contribution in [0.25, 0.3) is 11.0 Å². The van der Waals surface area contributed by atoms with Crippen molar-refractivity contribution in [2.45, 2.75) is 31.2 Å². The minimum absolute atomic E-state index is 0.156. The molecule has 2 unspecified atom stereocenters. The Labute approximate surface area is 234 Å². The summed E-state index contributed by atoms with van der Waals surface area (Å²) >= 11 is 6.04. The lowest BCUT2D eigenvalue weighted by Crippen LogP contribution is -2.45. The maximum absolute atomic E-state index is 15.2. The Morgan fingerprint density at radius 3 is 2.80 bits per heavy atom. The first-order chi connectivity index (χ1) is 19.2. The number of benzene rings is 3. The SMILES string of the molecule is CN(C(=O)OC1CCCCN1C)c1nc2ccc(C3(O)c4ccccc4C(=O)N3c3cccc(Cl)c3F)cc2[nH]1. The lowest BCUT2D eigenvalue weighted by molar-refractivity contribution is -0.0185. The minimum Gasteiger partial charge on any atom is -0.430 e. The number of nitrogens with one attached hydrogen (secondary N) is 1. The second-order valence-corrected chi connectivity index (χ2v) is 10.5. The van der Waals surface area contributed by atoms with E-state index in [1.54, 1.807) is 49.5 Å². The molecule has 0 radical (unpaired) electrons. The number of imidazole rings is 1. The number of likely N-dealkylation sites (tertiary alicyclic amines) is 1. The summed E-state index contributed by atoms with van der Waals surface area (Å²) in [5.74, 6) is -1.14. The number of halogens is 2. The molecule has 0 bridgehead atoms. The number of fused-ring (bicyclic) bond motifs is 2. The van der Waals surface area contributed by atoms with Gasteiger partial charge in [0.1, 0.15) is 0 Å². The number of amides is 2. The van der Waals surface area contributed by atoms with Gasteiger partial charge in [-0.2, -0.15) is 0 Å². The van der Waals surface area contributed by atoms with E-state index in [1.807, 2.05) is 11.9 Å². The zero-order valence-corrected chi connectivity index (χ0v) is 22.7. The number of aromatic nitrogens is 2. The molecule has 1 saturated heterocycles. The molecule has 2 aliphatic rings. The molecule has 1 fully saturated rings. The number of piperidine rings is 1. The number of H-pyrrole nitrogens is 1. The van der Waals surface area contributed by atoms with E-state index in [2.05, 4.69) is 9.97 Å². The number of anilines is 2. The van der Waals surface area contributed by atoms with Crippen LogP contribution in [0.15, 0.2) is 60.7 Å². The van der Waals surface area contributed by atoms with Gasteiger partial charge in [0, 0.05) is 30.3 Å². The first kappa shape index (κ1) is 26.2. The van der Waals surface area contributed by atoms with Crippen molar-refractivity contribution < 1.29 is 23.8 Å². The van der Waals surface area contributed by atoms with Crippen molar-refractivity contribution in [3.63, 3.8) is 0 Å². The minimum atomic E-state index is -2.05. The van der Waals surface area contributed by atoms with E-state index < -0.39 is 23.5 Å². The van der Waals surface area contributed by atoms with Crippen LogP contribution in [0.3, 0.4) is 0 Å². The van der Waals surface area contributed by atoms with Gasteiger partial charge in [-0.25, -0.2) is 14.2 Å². The summed E-state index contributed by atoms with van der Waals surface area (Å²) < 4.78 is 20.9. The molecule has 11 heteroatoms. The highest BCUT2D eigenvalue weighted by Gasteiger charge is 2.51. The van der Waals surface area contributed by atoms with Crippen molar-refractivity contribution in [1.82, 2.24) is 14.9 Å². The topological polar surface area (TPSA) is 102 Å². The first-order valence-electron chi connectivity index (χ1n) is 13.0. The number of hydrogen-bond donors (Lipinski definition) is 2. The van der Waals surface area contributed by atoms with Gasteiger partial charge in [-0.15, -0.1) is 0 Å². The molecule has 2 N–H and O–H groups in total. The summed E-state index contributed by atoms with van der Waals surface area (Å²) in [6, 6.07) is 15.8. The highest BCUT2D eigenvalue weighted by Crippen LogP contribution is 2.46. The van der Waals surface area contributed by atoms with Crippen LogP contribution in [0.5, 0.6) is 0 Å². The van der Waals surface area contributed by atoms with E-state index in [0.717, 1.165) is 30.7 Å². The normalized spacial score (nSPS) is 21.1. The third-order valence-corrected chi connectivity index (χ3v) is 7.93. The summed E-state index contributed by atoms with van der Waals surface area (Å²) in [5, 5.41) is 12.1. The fraction of sp³-hybridized carbons (Fsp3) is 0.276. The van der Waals surface area contributed by atoms with Gasteiger partial charge < -0.3 is 14.8 Å². The highest BCUT2D eigenvalue weighted by molar-refractivity contribution is 6.31. The van der Waals surface area contributed by atoms with Gasteiger partial charge in [0.05, 0.1) is 21.7 Å². The van der Waals surface area contributed by atoms with Crippen LogP contribution in [0.2, 0.25) is 5.02 Å². The average Bonchev–Trinajstić information content (AvgIpc) is 3.48. The number of aromatic amines is 1. The summed E-state index contributed by atoms with van der Waals surface area (Å²) in [6.07, 6.45) is 1.98. The van der Waals surface area contributed by atoms with Crippen LogP contribution >= 0.6 is 11.6 Å². The van der Waals surface area contributed by atoms with E-state index in [0.29, 0.717) is 22.2 Å². The lowest BCUT2D eigenvalue weighted by atomic mass is 9.93. The van der Waals surface area contributed by atoms with Gasteiger partial charge >= 0.3 is 6.09 Å². The zero-order chi connectivity index (χ0) is 28.2. The number of nitrogens with zero attached hydrogens (tertiary/aromatic N) is 4. The third-order valence-electron chi connectivity index (χ3n) is 7.64. The fourth-order valence-electron chi connectivity index (χ4n) is 5.44. The molecule has 0 aliphatic carbocycles. The second kappa shape index (κ2) is 9.88. The Balaban J connectivity index is 1.38. The van der Waals surface area contributed by atoms with Crippen LogP contribution in [-0.4, -0.2) is 58.8 Å². The van der Waals surface area contributed by atoms with E-state index in [9.17, 15) is 14.7 Å². The molecule has 1 aromatic heterocycles. The predicted molar refractivity (Wildman–Crippen MR) is 149 cm³/mol. The number of rotatable bonds is 4. The number of carbonyl (C=O) groups excluding carboxylic acids is 2. The van der Waals surface area contributed by atoms with Crippen LogP contribution in [0.1, 0.15) is 40.7 Å². The van der Waals surface area contributed by atoms with Gasteiger partial charge in [0.25, 0.3) is 5.91 Å². The van der Waals surface area contributed by atoms with Crippen LogP contribution in [-0.2, 0) is 10.5 Å². The van der Waals surface area contributed by atoms with Crippen molar-refractivity contribution in [3.05, 3.63) is 88.2 Å². The molecule has 40 heavy (non-hydrogen) atoms. The molecule has 3 aromatic carbocycles. The number of aliphatic hydroxyl groups is 1. The maximum Gasteiger partial charge on any atom is 0.417 e. The lowest BCUT2D eigenvalue weighted by Gasteiger charge is -2.35. The molecular weight excluding hydrogens is 537 g/mol. The Morgan fingerprint density at radius 1 is 1.20 bits per heavy atom. The molecule has 3 heterocycles. The Kier molecular flexibility index (Phi) is 6.48. The van der Waals surface area contributed by atoms with Crippen LogP contribution < -0.4 is 9.80 Å². The van der Waals surface area contributed by atoms with E-state index in [-0.39, 0.29) is 28.4 Å². The standard InChI is InChI=1S/C29H27ClFN5O4/c1-34-15-6-5-12-24(34)40-28(38)35(2)27-32-21-14-13-17(16-22(21)33-27)29(39)19-9-4-3-8-18(19)26(37)36(29)23-11-7-10-20(30)25(23)31/h3-4,7-11,13-14,16,24,39H,5-6,12,15H2,1-2H3,(H,32,33). The summed E-state index contributed by atoms with van der Waals surface area (Å²) in [4.78, 5) is 38.4. The molecule has 9 nitrogen and oxygen atoms in total. The van der Waals surface area contributed by atoms with Crippen molar-refractivity contribution in [1.29, 1.82) is 0 Å². The molecular formula is C29H27ClFN5O4. The molecule has 4 aromatic rings. The van der Waals surface area contributed by atoms with Crippen molar-refractivity contribution in [2.75, 3.05) is 30.4 Å². The van der Waals surface area contributed by atoms with Gasteiger partial charge in [0.2, 0.25) is 5.95 Å². The number of hydrogen-bond acceptors (Lipinski definition) is 6. The fourth-order valence-corrected chi connectivity index (χ4v) is 5.61. The molecule has 6 rings (SSSR count). The summed E-state index contributed by atoms with van der Waals surface area (Å²) in [6.45, 7) is 0.861. The third kappa shape index (κ3) is 4.11. The summed E-state index contributed by atoms with van der Waals surface area (Å²) in [7, 11) is 3.49. The number of ether oxygens (including phenoxy) is 1. The largest absolute Gasteiger partial charge is 0.430 e. The van der Waals surface area contributed by atoms with Crippen molar-refractivity contribution in [2.24, 2.45) is 0 Å². The molecule has 2 amide bonds. The van der Waals surface area contributed by atoms with E-state index in [1.165, 1.54) is 23.1 Å². The molecule has 0 saturated carbocycles. The van der Waals surface area contributed by atoms with Gasteiger partial charge in [-0.05, 0) is 56.6 Å². The van der Waals surface area contributed by atoms with Crippen LogP contribution in [0, 0.1) is 5.82 Å². The van der Waals surface area contributed by atoms with E-state index >= 15 is 4.39 Å². The van der Waals surface area contributed by atoms with Gasteiger partial charge in [0.15, 0.2) is 17.8 Å². The van der Waals surface area contributed by atoms with Gasteiger partial charge in [-0.1, -0.05) is 41.9 Å². The van der Waals surface area contributed by atoms with E-state index in [4.69, 9.17) is 16.3 Å². The zero-order valence-electron chi connectivity index (χ0n) is 21.9. The predicted octanol–water partition coefficient (Wildman–Crippen LogP) is 5.22. The van der Waals surface area contributed by atoms with Crippen LogP contribution in [0.4, 0.5) is 20.8 Å². The smallest absolute Gasteiger partial charge is 0.417 e. The monoisotopic (exact) mass is 563 g/mol. The number of carbonyl (C=O) groups is 2. The first-order valence-corrected chi connectivity index (χ1v) is 13.3. The molecule has 2 aliphatic heterocycles.